The molecule has 3 nitrogen and oxygen atoms in total. The highest BCUT2D eigenvalue weighted by Crippen LogP contribution is 2.19. The smallest absolute Gasteiger partial charge is 0.232 e. The van der Waals surface area contributed by atoms with Crippen molar-refractivity contribution in [1.29, 1.82) is 0 Å². The first-order chi connectivity index (χ1) is 8.11. The van der Waals surface area contributed by atoms with Gasteiger partial charge in [0.1, 0.15) is 0 Å². The van der Waals surface area contributed by atoms with Gasteiger partial charge in [0.15, 0.2) is 0 Å². The standard InChI is InChI=1S/C14H21NO2/c1-4-15(12-8-6-5-7-9-12)14(17)13(10-16)11(2)3/h5-9,11,13,16H,4,10H2,1-3H3. The molecule has 17 heavy (non-hydrogen) atoms. The summed E-state index contributed by atoms with van der Waals surface area (Å²) in [7, 11) is 0. The predicted octanol–water partition coefficient (Wildman–Crippen LogP) is 2.30. The third-order valence-corrected chi connectivity index (χ3v) is 2.97. The van der Waals surface area contributed by atoms with Crippen molar-refractivity contribution in [2.45, 2.75) is 20.8 Å². The molecule has 0 saturated carbocycles. The molecule has 1 aromatic carbocycles. The number of benzene rings is 1. The van der Waals surface area contributed by atoms with Crippen LogP contribution in [0.4, 0.5) is 5.69 Å². The third kappa shape index (κ3) is 3.30. The van der Waals surface area contributed by atoms with E-state index in [0.29, 0.717) is 6.54 Å². The molecule has 0 aliphatic rings. The predicted molar refractivity (Wildman–Crippen MR) is 69.9 cm³/mol. The molecule has 1 amide bonds. The van der Waals surface area contributed by atoms with E-state index in [-0.39, 0.29) is 24.3 Å². The minimum atomic E-state index is -0.324. The van der Waals surface area contributed by atoms with Gasteiger partial charge in [0.05, 0.1) is 12.5 Å². The second-order valence-corrected chi connectivity index (χ2v) is 4.45. The number of aliphatic hydroxyl groups is 1. The molecule has 1 aromatic rings. The number of nitrogens with zero attached hydrogens (tertiary/aromatic N) is 1. The van der Waals surface area contributed by atoms with E-state index in [9.17, 15) is 9.90 Å². The molecule has 0 bridgehead atoms. The molecule has 0 fully saturated rings. The summed E-state index contributed by atoms with van der Waals surface area (Å²) in [6, 6.07) is 9.57. The molecular weight excluding hydrogens is 214 g/mol. The molecule has 0 aliphatic heterocycles. The fourth-order valence-corrected chi connectivity index (χ4v) is 1.85. The first kappa shape index (κ1) is 13.7. The van der Waals surface area contributed by atoms with E-state index in [1.54, 1.807) is 4.90 Å². The Morgan fingerprint density at radius 3 is 2.29 bits per heavy atom. The van der Waals surface area contributed by atoms with Crippen molar-refractivity contribution in [3.63, 3.8) is 0 Å². The lowest BCUT2D eigenvalue weighted by molar-refractivity contribution is -0.125. The van der Waals surface area contributed by atoms with Crippen molar-refractivity contribution in [1.82, 2.24) is 0 Å². The van der Waals surface area contributed by atoms with Crippen molar-refractivity contribution in [2.24, 2.45) is 11.8 Å². The summed E-state index contributed by atoms with van der Waals surface area (Å²) in [5.74, 6) is -0.184. The molecule has 94 valence electrons. The van der Waals surface area contributed by atoms with E-state index in [1.807, 2.05) is 51.1 Å². The highest BCUT2D eigenvalue weighted by molar-refractivity contribution is 5.95. The Bertz CT molecular complexity index is 348. The van der Waals surface area contributed by atoms with E-state index in [0.717, 1.165) is 5.69 Å². The van der Waals surface area contributed by atoms with Crippen LogP contribution in [0.25, 0.3) is 0 Å². The number of rotatable bonds is 5. The number of hydrogen-bond donors (Lipinski definition) is 1. The van der Waals surface area contributed by atoms with E-state index < -0.39 is 0 Å². The van der Waals surface area contributed by atoms with Crippen molar-refractivity contribution in [2.75, 3.05) is 18.1 Å². The van der Waals surface area contributed by atoms with Crippen LogP contribution in [0.3, 0.4) is 0 Å². The lowest BCUT2D eigenvalue weighted by Crippen LogP contribution is -2.39. The van der Waals surface area contributed by atoms with Gasteiger partial charge in [-0.15, -0.1) is 0 Å². The van der Waals surface area contributed by atoms with Crippen molar-refractivity contribution >= 4 is 11.6 Å². The third-order valence-electron chi connectivity index (χ3n) is 2.97. The van der Waals surface area contributed by atoms with Crippen LogP contribution in [0, 0.1) is 11.8 Å². The monoisotopic (exact) mass is 235 g/mol. The second-order valence-electron chi connectivity index (χ2n) is 4.45. The molecule has 0 heterocycles. The van der Waals surface area contributed by atoms with E-state index in [4.69, 9.17) is 0 Å². The quantitative estimate of drug-likeness (QED) is 0.850. The summed E-state index contributed by atoms with van der Waals surface area (Å²) in [6.07, 6.45) is 0. The molecule has 3 heteroatoms. The maximum absolute atomic E-state index is 12.3. The average Bonchev–Trinajstić information content (AvgIpc) is 2.31. The SMILES string of the molecule is CCN(C(=O)C(CO)C(C)C)c1ccccc1. The zero-order chi connectivity index (χ0) is 12.8. The summed E-state index contributed by atoms with van der Waals surface area (Å²) in [6.45, 7) is 6.38. The molecule has 1 N–H and O–H groups in total. The second kappa shape index (κ2) is 6.40. The molecule has 1 unspecified atom stereocenters. The van der Waals surface area contributed by atoms with Gasteiger partial charge in [0.2, 0.25) is 5.91 Å². The fourth-order valence-electron chi connectivity index (χ4n) is 1.85. The Morgan fingerprint density at radius 1 is 1.29 bits per heavy atom. The van der Waals surface area contributed by atoms with Crippen molar-refractivity contribution in [3.8, 4) is 0 Å². The lowest BCUT2D eigenvalue weighted by atomic mass is 9.95. The topological polar surface area (TPSA) is 40.5 Å². The van der Waals surface area contributed by atoms with E-state index in [2.05, 4.69) is 0 Å². The van der Waals surface area contributed by atoms with Crippen LogP contribution in [0.15, 0.2) is 30.3 Å². The van der Waals surface area contributed by atoms with Crippen molar-refractivity contribution in [3.05, 3.63) is 30.3 Å². The molecule has 0 aromatic heterocycles. The summed E-state index contributed by atoms with van der Waals surface area (Å²) < 4.78 is 0. The van der Waals surface area contributed by atoms with Crippen LogP contribution >= 0.6 is 0 Å². The Balaban J connectivity index is 2.91. The van der Waals surface area contributed by atoms with Crippen LogP contribution < -0.4 is 4.90 Å². The minimum absolute atomic E-state index is 0.00352. The normalized spacial score (nSPS) is 12.5. The Morgan fingerprint density at radius 2 is 1.88 bits per heavy atom. The summed E-state index contributed by atoms with van der Waals surface area (Å²) >= 11 is 0. The first-order valence-electron chi connectivity index (χ1n) is 6.09. The van der Waals surface area contributed by atoms with Crippen LogP contribution in [-0.4, -0.2) is 24.2 Å². The molecule has 0 spiro atoms. The molecule has 0 saturated heterocycles. The highest BCUT2D eigenvalue weighted by atomic mass is 16.3. The number of amides is 1. The Kier molecular flexibility index (Phi) is 5.16. The molecular formula is C14H21NO2. The lowest BCUT2D eigenvalue weighted by Gasteiger charge is -2.27. The molecule has 1 rings (SSSR count). The highest BCUT2D eigenvalue weighted by Gasteiger charge is 2.26. The number of carbonyl (C=O) groups is 1. The number of anilines is 1. The van der Waals surface area contributed by atoms with Crippen LogP contribution in [0.2, 0.25) is 0 Å². The molecule has 1 atom stereocenters. The van der Waals surface area contributed by atoms with Gasteiger partial charge in [-0.1, -0.05) is 32.0 Å². The van der Waals surface area contributed by atoms with Gasteiger partial charge in [-0.05, 0) is 25.0 Å². The zero-order valence-electron chi connectivity index (χ0n) is 10.8. The van der Waals surface area contributed by atoms with Gasteiger partial charge in [0, 0.05) is 12.2 Å². The summed E-state index contributed by atoms with van der Waals surface area (Å²) in [5.41, 5.74) is 0.888. The zero-order valence-corrected chi connectivity index (χ0v) is 10.8. The van der Waals surface area contributed by atoms with Gasteiger partial charge in [-0.2, -0.15) is 0 Å². The first-order valence-corrected chi connectivity index (χ1v) is 6.09. The number of aliphatic hydroxyl groups excluding tert-OH is 1. The average molecular weight is 235 g/mol. The van der Waals surface area contributed by atoms with E-state index >= 15 is 0 Å². The summed E-state index contributed by atoms with van der Waals surface area (Å²) in [5, 5.41) is 9.31. The summed E-state index contributed by atoms with van der Waals surface area (Å²) in [4.78, 5) is 14.0. The minimum Gasteiger partial charge on any atom is -0.396 e. The number of hydrogen-bond acceptors (Lipinski definition) is 2. The number of para-hydroxylation sites is 1. The fraction of sp³-hybridized carbons (Fsp3) is 0.500. The van der Waals surface area contributed by atoms with Crippen molar-refractivity contribution < 1.29 is 9.90 Å². The molecule has 0 aliphatic carbocycles. The number of carbonyl (C=O) groups excluding carboxylic acids is 1. The van der Waals surface area contributed by atoms with Gasteiger partial charge in [0.25, 0.3) is 0 Å². The van der Waals surface area contributed by atoms with Crippen LogP contribution in [-0.2, 0) is 4.79 Å². The van der Waals surface area contributed by atoms with Gasteiger partial charge < -0.3 is 10.0 Å². The largest absolute Gasteiger partial charge is 0.396 e. The molecule has 0 radical (unpaired) electrons. The van der Waals surface area contributed by atoms with Crippen LogP contribution in [0.1, 0.15) is 20.8 Å². The Hall–Kier alpha value is -1.35. The van der Waals surface area contributed by atoms with Gasteiger partial charge in [-0.3, -0.25) is 4.79 Å². The van der Waals surface area contributed by atoms with Gasteiger partial charge >= 0.3 is 0 Å². The van der Waals surface area contributed by atoms with Crippen LogP contribution in [0.5, 0.6) is 0 Å². The maximum atomic E-state index is 12.3. The van der Waals surface area contributed by atoms with E-state index in [1.165, 1.54) is 0 Å². The Labute approximate surface area is 103 Å². The van der Waals surface area contributed by atoms with Gasteiger partial charge in [-0.25, -0.2) is 0 Å². The maximum Gasteiger partial charge on any atom is 0.232 e.